The van der Waals surface area contributed by atoms with E-state index in [2.05, 4.69) is 38.8 Å². The number of rotatable bonds is 2. The van der Waals surface area contributed by atoms with E-state index in [1.54, 1.807) is 34.0 Å². The highest BCUT2D eigenvalue weighted by Gasteiger charge is 2.18. The van der Waals surface area contributed by atoms with Gasteiger partial charge in [0.15, 0.2) is 0 Å². The molecule has 3 aromatic heterocycles. The molecule has 0 bridgehead atoms. The molecule has 0 fully saturated rings. The van der Waals surface area contributed by atoms with Crippen LogP contribution in [0.25, 0.3) is 9.40 Å². The van der Waals surface area contributed by atoms with Gasteiger partial charge in [0.25, 0.3) is 0 Å². The average Bonchev–Trinajstić information content (AvgIpc) is 2.89. The maximum absolute atomic E-state index is 6.50. The van der Waals surface area contributed by atoms with E-state index in [1.807, 2.05) is 6.07 Å². The summed E-state index contributed by atoms with van der Waals surface area (Å²) in [4.78, 5) is 2.42. The summed E-state index contributed by atoms with van der Waals surface area (Å²) < 4.78 is 3.77. The third-order valence-electron chi connectivity index (χ3n) is 2.28. The second-order valence-corrected chi connectivity index (χ2v) is 7.59. The van der Waals surface area contributed by atoms with Gasteiger partial charge in [0, 0.05) is 23.6 Å². The van der Waals surface area contributed by atoms with Crippen molar-refractivity contribution >= 4 is 70.9 Å². The highest BCUT2D eigenvalue weighted by molar-refractivity contribution is 9.10. The molecule has 0 nitrogen and oxygen atoms in total. The lowest BCUT2D eigenvalue weighted by atomic mass is 10.3. The Labute approximate surface area is 119 Å². The molecule has 16 heavy (non-hydrogen) atoms. The van der Waals surface area contributed by atoms with Crippen LogP contribution in [0.1, 0.15) is 15.1 Å². The van der Waals surface area contributed by atoms with Crippen LogP contribution < -0.4 is 0 Å². The van der Waals surface area contributed by atoms with Gasteiger partial charge >= 0.3 is 0 Å². The minimum atomic E-state index is -0.0287. The van der Waals surface area contributed by atoms with Gasteiger partial charge in [-0.1, -0.05) is 0 Å². The van der Waals surface area contributed by atoms with Crippen LogP contribution in [0.2, 0.25) is 0 Å². The molecule has 5 heteroatoms. The molecule has 0 N–H and O–H groups in total. The lowest BCUT2D eigenvalue weighted by Crippen LogP contribution is -1.85. The van der Waals surface area contributed by atoms with E-state index in [0.29, 0.717) is 0 Å². The molecule has 0 saturated carbocycles. The Kier molecular flexibility index (Phi) is 3.11. The van der Waals surface area contributed by atoms with Crippen molar-refractivity contribution in [1.29, 1.82) is 0 Å². The second kappa shape index (κ2) is 4.42. The van der Waals surface area contributed by atoms with Crippen LogP contribution in [-0.2, 0) is 0 Å². The first kappa shape index (κ1) is 11.2. The largest absolute Gasteiger partial charge is 0.146 e. The van der Waals surface area contributed by atoms with Gasteiger partial charge in [-0.15, -0.1) is 45.6 Å². The van der Waals surface area contributed by atoms with Crippen LogP contribution in [-0.4, -0.2) is 0 Å². The summed E-state index contributed by atoms with van der Waals surface area (Å²) in [5.41, 5.74) is 0. The molecule has 3 aromatic rings. The molecule has 3 heterocycles. The van der Waals surface area contributed by atoms with Gasteiger partial charge in [0.2, 0.25) is 0 Å². The summed E-state index contributed by atoms with van der Waals surface area (Å²) in [5, 5.41) is 4.15. The zero-order valence-corrected chi connectivity index (χ0v) is 12.7. The minimum Gasteiger partial charge on any atom is -0.146 e. The monoisotopic (exact) mass is 348 g/mol. The van der Waals surface area contributed by atoms with Crippen molar-refractivity contribution in [2.45, 2.75) is 5.38 Å². The maximum atomic E-state index is 6.50. The summed E-state index contributed by atoms with van der Waals surface area (Å²) in [6.07, 6.45) is 0. The molecule has 82 valence electrons. The van der Waals surface area contributed by atoms with E-state index in [1.165, 1.54) is 19.2 Å². The van der Waals surface area contributed by atoms with Crippen LogP contribution in [0.5, 0.6) is 0 Å². The van der Waals surface area contributed by atoms with Crippen molar-refractivity contribution in [2.75, 3.05) is 0 Å². The molecule has 0 aliphatic rings. The zero-order valence-electron chi connectivity index (χ0n) is 7.94. The number of halogens is 2. The summed E-state index contributed by atoms with van der Waals surface area (Å²) in [6, 6.07) is 6.40. The van der Waals surface area contributed by atoms with E-state index >= 15 is 0 Å². The molecule has 1 unspecified atom stereocenters. The summed E-state index contributed by atoms with van der Waals surface area (Å²) in [6.45, 7) is 0. The first-order chi connectivity index (χ1) is 7.75. The summed E-state index contributed by atoms with van der Waals surface area (Å²) in [7, 11) is 0. The van der Waals surface area contributed by atoms with Crippen molar-refractivity contribution in [1.82, 2.24) is 0 Å². The molecule has 3 rings (SSSR count). The van der Waals surface area contributed by atoms with Crippen LogP contribution in [0.3, 0.4) is 0 Å². The highest BCUT2D eigenvalue weighted by atomic mass is 79.9. The Morgan fingerprint density at radius 1 is 1.12 bits per heavy atom. The van der Waals surface area contributed by atoms with Crippen molar-refractivity contribution in [3.63, 3.8) is 0 Å². The van der Waals surface area contributed by atoms with E-state index in [-0.39, 0.29) is 5.38 Å². The molecule has 0 amide bonds. The number of thiophene rings is 3. The second-order valence-electron chi connectivity index (χ2n) is 3.29. The van der Waals surface area contributed by atoms with Gasteiger partial charge in [0.1, 0.15) is 5.38 Å². The Bertz CT molecular complexity index is 593. The topological polar surface area (TPSA) is 0 Å². The van der Waals surface area contributed by atoms with Gasteiger partial charge in [-0.05, 0) is 44.9 Å². The number of hydrogen-bond donors (Lipinski definition) is 0. The van der Waals surface area contributed by atoms with Crippen molar-refractivity contribution in [3.8, 4) is 0 Å². The summed E-state index contributed by atoms with van der Waals surface area (Å²) in [5.74, 6) is 0. The fraction of sp³-hybridized carbons (Fsp3) is 0.0909. The van der Waals surface area contributed by atoms with Crippen molar-refractivity contribution in [2.24, 2.45) is 0 Å². The van der Waals surface area contributed by atoms with E-state index < -0.39 is 0 Å². The average molecular weight is 350 g/mol. The van der Waals surface area contributed by atoms with Crippen molar-refractivity contribution < 1.29 is 0 Å². The first-order valence-corrected chi connectivity index (χ1v) is 8.40. The zero-order chi connectivity index (χ0) is 11.1. The highest BCUT2D eigenvalue weighted by Crippen LogP contribution is 2.42. The molecule has 0 saturated heterocycles. The predicted octanol–water partition coefficient (Wildman–Crippen LogP) is 6.12. The number of fused-ring (bicyclic) bond motifs is 1. The third-order valence-corrected chi connectivity index (χ3v) is 7.09. The lowest BCUT2D eigenvalue weighted by Gasteiger charge is -2.04. The van der Waals surface area contributed by atoms with Crippen LogP contribution in [0.15, 0.2) is 33.4 Å². The number of alkyl halides is 1. The van der Waals surface area contributed by atoms with Crippen LogP contribution in [0.4, 0.5) is 0 Å². The van der Waals surface area contributed by atoms with Gasteiger partial charge < -0.3 is 0 Å². The predicted molar refractivity (Wildman–Crippen MR) is 79.4 cm³/mol. The first-order valence-electron chi connectivity index (χ1n) is 4.59. The third kappa shape index (κ3) is 1.87. The maximum Gasteiger partial charge on any atom is 0.103 e. The Hall–Kier alpha value is 0.130. The number of hydrogen-bond acceptors (Lipinski definition) is 3. The van der Waals surface area contributed by atoms with Gasteiger partial charge in [-0.25, -0.2) is 0 Å². The van der Waals surface area contributed by atoms with Gasteiger partial charge in [0.05, 0.1) is 0 Å². The Morgan fingerprint density at radius 3 is 2.62 bits per heavy atom. The molecular weight excluding hydrogens is 344 g/mol. The molecule has 0 aliphatic carbocycles. The quantitative estimate of drug-likeness (QED) is 0.489. The van der Waals surface area contributed by atoms with E-state index in [4.69, 9.17) is 11.6 Å². The standard InChI is InChI=1S/C11H6BrClS3/c12-6-1-3-15-11(6)10(13)9-5-8-7(16-9)2-4-14-8/h1-5,10H. The molecule has 1 atom stereocenters. The van der Waals surface area contributed by atoms with E-state index in [9.17, 15) is 0 Å². The Balaban J connectivity index is 2.04. The van der Waals surface area contributed by atoms with Gasteiger partial charge in [-0.2, -0.15) is 0 Å². The lowest BCUT2D eigenvalue weighted by molar-refractivity contribution is 1.23. The summed E-state index contributed by atoms with van der Waals surface area (Å²) >= 11 is 15.3. The SMILES string of the molecule is ClC(c1cc2sccc2s1)c1sccc1Br. The molecule has 0 spiro atoms. The van der Waals surface area contributed by atoms with Crippen LogP contribution in [0, 0.1) is 0 Å². The van der Waals surface area contributed by atoms with Crippen molar-refractivity contribution in [3.05, 3.63) is 43.2 Å². The molecule has 0 aromatic carbocycles. The molecular formula is C11H6BrClS3. The van der Waals surface area contributed by atoms with Gasteiger partial charge in [-0.3, -0.25) is 0 Å². The molecule has 0 aliphatic heterocycles. The molecule has 0 radical (unpaired) electrons. The van der Waals surface area contributed by atoms with Crippen LogP contribution >= 0.6 is 61.5 Å². The minimum absolute atomic E-state index is 0.0287. The smallest absolute Gasteiger partial charge is 0.103 e. The normalized spacial score (nSPS) is 13.4. The fourth-order valence-corrected chi connectivity index (χ4v) is 5.90. The Morgan fingerprint density at radius 2 is 1.94 bits per heavy atom. The van der Waals surface area contributed by atoms with E-state index in [0.717, 1.165) is 4.47 Å². The fourth-order valence-electron chi connectivity index (χ4n) is 1.52.